The standard InChI is InChI=1S/C19H24N4O2/c1-3-16-14(10-23-11-15(9-20-23)18(24)25-4-2)5-6-17(21-16)22-12-19(13-22)7-8-19/h5-6,9,11H,3-4,7-8,10,12-13H2,1-2H3. The van der Waals surface area contributed by atoms with Gasteiger partial charge in [0.1, 0.15) is 5.82 Å². The van der Waals surface area contributed by atoms with Crippen LogP contribution in [0, 0.1) is 5.41 Å². The largest absolute Gasteiger partial charge is 0.462 e. The fourth-order valence-corrected chi connectivity index (χ4v) is 3.51. The summed E-state index contributed by atoms with van der Waals surface area (Å²) in [5.74, 6) is 0.760. The van der Waals surface area contributed by atoms with Crippen LogP contribution in [0.25, 0.3) is 0 Å². The van der Waals surface area contributed by atoms with E-state index in [0.717, 1.165) is 36.6 Å². The molecule has 0 unspecified atom stereocenters. The summed E-state index contributed by atoms with van der Waals surface area (Å²) in [6.45, 7) is 7.22. The van der Waals surface area contributed by atoms with Gasteiger partial charge < -0.3 is 9.64 Å². The van der Waals surface area contributed by atoms with Crippen molar-refractivity contribution in [3.8, 4) is 0 Å². The number of hydrogen-bond donors (Lipinski definition) is 0. The minimum Gasteiger partial charge on any atom is -0.462 e. The highest BCUT2D eigenvalue weighted by molar-refractivity contribution is 5.88. The Morgan fingerprint density at radius 3 is 2.76 bits per heavy atom. The predicted octanol–water partition coefficient (Wildman–Crippen LogP) is 2.67. The molecule has 132 valence electrons. The van der Waals surface area contributed by atoms with E-state index in [0.29, 0.717) is 24.1 Å². The summed E-state index contributed by atoms with van der Waals surface area (Å²) in [4.78, 5) is 19.0. The van der Waals surface area contributed by atoms with Gasteiger partial charge in [0.05, 0.1) is 24.9 Å². The zero-order chi connectivity index (χ0) is 17.4. The van der Waals surface area contributed by atoms with Crippen molar-refractivity contribution in [3.05, 3.63) is 41.3 Å². The number of pyridine rings is 1. The summed E-state index contributed by atoms with van der Waals surface area (Å²) in [5, 5.41) is 4.28. The average Bonchev–Trinajstić information content (AvgIpc) is 3.26. The van der Waals surface area contributed by atoms with Gasteiger partial charge in [0, 0.05) is 30.4 Å². The van der Waals surface area contributed by atoms with Crippen LogP contribution in [-0.4, -0.2) is 40.4 Å². The van der Waals surface area contributed by atoms with Crippen molar-refractivity contribution in [1.82, 2.24) is 14.8 Å². The maximum Gasteiger partial charge on any atom is 0.341 e. The highest BCUT2D eigenvalue weighted by atomic mass is 16.5. The molecule has 2 aromatic heterocycles. The van der Waals surface area contributed by atoms with Crippen molar-refractivity contribution >= 4 is 11.8 Å². The maximum atomic E-state index is 11.8. The van der Waals surface area contributed by atoms with Gasteiger partial charge in [-0.2, -0.15) is 5.10 Å². The van der Waals surface area contributed by atoms with E-state index < -0.39 is 0 Å². The number of ether oxygens (including phenoxy) is 1. The van der Waals surface area contributed by atoms with Crippen molar-refractivity contribution < 1.29 is 9.53 Å². The average molecular weight is 340 g/mol. The van der Waals surface area contributed by atoms with Crippen LogP contribution >= 0.6 is 0 Å². The number of aryl methyl sites for hydroxylation is 1. The Balaban J connectivity index is 1.47. The van der Waals surface area contributed by atoms with Crippen LogP contribution in [0.4, 0.5) is 5.82 Å². The third-order valence-corrected chi connectivity index (χ3v) is 5.20. The molecule has 0 aromatic carbocycles. The van der Waals surface area contributed by atoms with Crippen molar-refractivity contribution in [2.45, 2.75) is 39.7 Å². The van der Waals surface area contributed by atoms with Crippen LogP contribution in [0.3, 0.4) is 0 Å². The molecular formula is C19H24N4O2. The first kappa shape index (κ1) is 16.1. The topological polar surface area (TPSA) is 60.2 Å². The first-order chi connectivity index (χ1) is 12.1. The van der Waals surface area contributed by atoms with Crippen molar-refractivity contribution in [3.63, 3.8) is 0 Å². The molecule has 0 N–H and O–H groups in total. The van der Waals surface area contributed by atoms with Crippen molar-refractivity contribution in [1.29, 1.82) is 0 Å². The van der Waals surface area contributed by atoms with Gasteiger partial charge in [0.2, 0.25) is 0 Å². The molecule has 2 aromatic rings. The lowest BCUT2D eigenvalue weighted by Gasteiger charge is -2.41. The molecule has 6 nitrogen and oxygen atoms in total. The van der Waals surface area contributed by atoms with E-state index in [-0.39, 0.29) is 5.97 Å². The van der Waals surface area contributed by atoms with Crippen molar-refractivity contribution in [2.24, 2.45) is 5.41 Å². The van der Waals surface area contributed by atoms with Gasteiger partial charge >= 0.3 is 5.97 Å². The normalized spacial score (nSPS) is 17.4. The summed E-state index contributed by atoms with van der Waals surface area (Å²) < 4.78 is 6.78. The van der Waals surface area contributed by atoms with Crippen LogP contribution in [0.1, 0.15) is 48.3 Å². The number of anilines is 1. The van der Waals surface area contributed by atoms with E-state index in [4.69, 9.17) is 9.72 Å². The molecule has 0 bridgehead atoms. The molecule has 4 rings (SSSR count). The van der Waals surface area contributed by atoms with Gasteiger partial charge in [-0.1, -0.05) is 13.0 Å². The molecule has 1 spiro atoms. The number of aromatic nitrogens is 3. The number of carbonyl (C=O) groups is 1. The number of carbonyl (C=O) groups excluding carboxylic acids is 1. The van der Waals surface area contributed by atoms with E-state index in [1.54, 1.807) is 24.0 Å². The Morgan fingerprint density at radius 1 is 1.28 bits per heavy atom. The molecule has 2 fully saturated rings. The third-order valence-electron chi connectivity index (χ3n) is 5.20. The van der Waals surface area contributed by atoms with Gasteiger partial charge in [-0.3, -0.25) is 4.68 Å². The molecule has 1 saturated carbocycles. The second-order valence-corrected chi connectivity index (χ2v) is 7.13. The van der Waals surface area contributed by atoms with Crippen LogP contribution in [-0.2, 0) is 17.7 Å². The fraction of sp³-hybridized carbons (Fsp3) is 0.526. The molecule has 0 amide bonds. The second kappa shape index (κ2) is 6.17. The lowest BCUT2D eigenvalue weighted by molar-refractivity contribution is 0.0526. The smallest absolute Gasteiger partial charge is 0.341 e. The van der Waals surface area contributed by atoms with Gasteiger partial charge in [0.15, 0.2) is 0 Å². The molecule has 0 radical (unpaired) electrons. The monoisotopic (exact) mass is 340 g/mol. The lowest BCUT2D eigenvalue weighted by atomic mass is 9.97. The molecule has 1 aliphatic heterocycles. The van der Waals surface area contributed by atoms with E-state index in [9.17, 15) is 4.79 Å². The molecule has 0 atom stereocenters. The van der Waals surface area contributed by atoms with Gasteiger partial charge in [0.25, 0.3) is 0 Å². The minimum absolute atomic E-state index is 0.329. The molecule has 2 aliphatic rings. The quantitative estimate of drug-likeness (QED) is 0.757. The van der Waals surface area contributed by atoms with Crippen LogP contribution in [0.2, 0.25) is 0 Å². The molecular weight excluding hydrogens is 316 g/mol. The van der Waals surface area contributed by atoms with Crippen LogP contribution in [0.15, 0.2) is 24.5 Å². The zero-order valence-corrected chi connectivity index (χ0v) is 14.9. The van der Waals surface area contributed by atoms with Gasteiger partial charge in [-0.05, 0) is 37.8 Å². The Labute approximate surface area is 147 Å². The molecule has 6 heteroatoms. The zero-order valence-electron chi connectivity index (χ0n) is 14.9. The Bertz CT molecular complexity index is 786. The summed E-state index contributed by atoms with van der Waals surface area (Å²) in [7, 11) is 0. The predicted molar refractivity (Wildman–Crippen MR) is 94.8 cm³/mol. The number of esters is 1. The maximum absolute atomic E-state index is 11.8. The van der Waals surface area contributed by atoms with Crippen LogP contribution < -0.4 is 4.90 Å². The van der Waals surface area contributed by atoms with E-state index in [2.05, 4.69) is 29.1 Å². The molecule has 25 heavy (non-hydrogen) atoms. The van der Waals surface area contributed by atoms with Gasteiger partial charge in [-0.15, -0.1) is 0 Å². The SMILES string of the molecule is CCOC(=O)c1cnn(Cc2ccc(N3CC4(CC4)C3)nc2CC)c1. The Morgan fingerprint density at radius 2 is 2.08 bits per heavy atom. The highest BCUT2D eigenvalue weighted by Crippen LogP contribution is 2.53. The number of hydrogen-bond acceptors (Lipinski definition) is 5. The Hall–Kier alpha value is -2.37. The van der Waals surface area contributed by atoms with E-state index >= 15 is 0 Å². The summed E-state index contributed by atoms with van der Waals surface area (Å²) >= 11 is 0. The van der Waals surface area contributed by atoms with E-state index in [1.807, 2.05) is 0 Å². The summed E-state index contributed by atoms with van der Waals surface area (Å²) in [6.07, 6.45) is 6.93. The first-order valence-electron chi connectivity index (χ1n) is 9.06. The van der Waals surface area contributed by atoms with E-state index in [1.165, 1.54) is 12.8 Å². The first-order valence-corrected chi connectivity index (χ1v) is 9.06. The highest BCUT2D eigenvalue weighted by Gasteiger charge is 2.52. The molecule has 1 saturated heterocycles. The second-order valence-electron chi connectivity index (χ2n) is 7.13. The lowest BCUT2D eigenvalue weighted by Crippen LogP contribution is -2.48. The summed E-state index contributed by atoms with van der Waals surface area (Å²) in [5.41, 5.74) is 3.36. The van der Waals surface area contributed by atoms with Crippen molar-refractivity contribution in [2.75, 3.05) is 24.6 Å². The van der Waals surface area contributed by atoms with Gasteiger partial charge in [-0.25, -0.2) is 9.78 Å². The summed E-state index contributed by atoms with van der Waals surface area (Å²) in [6, 6.07) is 4.25. The minimum atomic E-state index is -0.329. The third kappa shape index (κ3) is 3.13. The number of nitrogens with zero attached hydrogens (tertiary/aromatic N) is 4. The fourth-order valence-electron chi connectivity index (χ4n) is 3.51. The van der Waals surface area contributed by atoms with Crippen LogP contribution in [0.5, 0.6) is 0 Å². The molecule has 3 heterocycles. The Kier molecular flexibility index (Phi) is 3.98. The number of rotatable bonds is 6. The molecule has 1 aliphatic carbocycles.